The third kappa shape index (κ3) is 4.17. The number of piperidine rings is 1. The first-order valence-electron chi connectivity index (χ1n) is 8.76. The zero-order valence-corrected chi connectivity index (χ0v) is 15.2. The van der Waals surface area contributed by atoms with Gasteiger partial charge in [0.05, 0.1) is 10.6 Å². The first-order chi connectivity index (χ1) is 12.6. The average Bonchev–Trinajstić information content (AvgIpc) is 2.67. The molecule has 0 radical (unpaired) electrons. The first kappa shape index (κ1) is 18.3. The van der Waals surface area contributed by atoms with Gasteiger partial charge in [-0.25, -0.2) is 0 Å². The molecule has 1 fully saturated rings. The van der Waals surface area contributed by atoms with Crippen LogP contribution in [0, 0.1) is 0 Å². The molecule has 1 heterocycles. The molecule has 26 heavy (non-hydrogen) atoms. The molecule has 0 spiro atoms. The molecule has 0 unspecified atom stereocenters. The highest BCUT2D eigenvalue weighted by Crippen LogP contribution is 2.27. The molecule has 3 rings (SSSR count). The van der Waals surface area contributed by atoms with Crippen molar-refractivity contribution in [2.45, 2.75) is 25.3 Å². The average molecular weight is 372 g/mol. The van der Waals surface area contributed by atoms with Crippen LogP contribution in [0.4, 0.5) is 5.69 Å². The number of nitrogens with one attached hydrogen (secondary N) is 1. The zero-order chi connectivity index (χ0) is 18.5. The highest BCUT2D eigenvalue weighted by Gasteiger charge is 2.27. The highest BCUT2D eigenvalue weighted by molar-refractivity contribution is 6.34. The van der Waals surface area contributed by atoms with Crippen LogP contribution in [0.2, 0.25) is 5.02 Å². The number of likely N-dealkylation sites (tertiary alicyclic amines) is 1. The highest BCUT2D eigenvalue weighted by atomic mass is 35.5. The Hall–Kier alpha value is -2.53. The molecule has 2 aromatic rings. The van der Waals surface area contributed by atoms with Crippen LogP contribution in [-0.2, 0) is 4.79 Å². The van der Waals surface area contributed by atoms with Crippen LogP contribution in [0.15, 0.2) is 48.5 Å². The fourth-order valence-corrected chi connectivity index (χ4v) is 3.48. The van der Waals surface area contributed by atoms with E-state index in [0.29, 0.717) is 5.69 Å². The number of hydrogen-bond acceptors (Lipinski definition) is 3. The van der Waals surface area contributed by atoms with Gasteiger partial charge in [0, 0.05) is 18.8 Å². The van der Waals surface area contributed by atoms with Crippen LogP contribution in [0.5, 0.6) is 0 Å². The van der Waals surface area contributed by atoms with Crippen molar-refractivity contribution < 1.29 is 9.59 Å². The normalized spacial score (nSPS) is 15.3. The van der Waals surface area contributed by atoms with E-state index < -0.39 is 11.9 Å². The molecule has 0 bridgehead atoms. The number of nitrogens with two attached hydrogens (primary N) is 1. The summed E-state index contributed by atoms with van der Waals surface area (Å²) in [6.07, 6.45) is 3.23. The first-order valence-corrected chi connectivity index (χ1v) is 9.13. The Labute approximate surface area is 158 Å². The molecule has 6 heteroatoms. The summed E-state index contributed by atoms with van der Waals surface area (Å²) in [5.41, 5.74) is 7.11. The Morgan fingerprint density at radius 2 is 1.73 bits per heavy atom. The van der Waals surface area contributed by atoms with E-state index in [1.807, 2.05) is 35.2 Å². The molecule has 1 aliphatic rings. The van der Waals surface area contributed by atoms with Crippen molar-refractivity contribution in [1.82, 2.24) is 4.90 Å². The number of nitrogens with zero attached hydrogens (tertiary/aromatic N) is 1. The molecule has 1 aliphatic heterocycles. The van der Waals surface area contributed by atoms with Gasteiger partial charge in [0.1, 0.15) is 6.04 Å². The number of benzene rings is 2. The summed E-state index contributed by atoms with van der Waals surface area (Å²) in [4.78, 5) is 26.4. The Morgan fingerprint density at radius 3 is 2.35 bits per heavy atom. The number of carbonyl (C=O) groups is 2. The van der Waals surface area contributed by atoms with E-state index in [-0.39, 0.29) is 16.5 Å². The van der Waals surface area contributed by atoms with Gasteiger partial charge in [-0.2, -0.15) is 0 Å². The van der Waals surface area contributed by atoms with E-state index in [9.17, 15) is 9.59 Å². The molecule has 0 aromatic heterocycles. The molecule has 0 saturated carbocycles. The van der Waals surface area contributed by atoms with Crippen molar-refractivity contribution in [1.29, 1.82) is 0 Å². The third-order valence-electron chi connectivity index (χ3n) is 4.59. The topological polar surface area (TPSA) is 75.4 Å². The van der Waals surface area contributed by atoms with Crippen LogP contribution in [0.3, 0.4) is 0 Å². The summed E-state index contributed by atoms with van der Waals surface area (Å²) >= 11 is 6.15. The molecular formula is C20H22ClN3O2. The summed E-state index contributed by atoms with van der Waals surface area (Å²) in [6, 6.07) is 14.0. The number of primary amides is 1. The summed E-state index contributed by atoms with van der Waals surface area (Å²) in [5, 5.41) is 3.54. The fraction of sp³-hybridized carbons (Fsp3) is 0.300. The lowest BCUT2D eigenvalue weighted by Crippen LogP contribution is -2.41. The molecule has 2 amide bonds. The van der Waals surface area contributed by atoms with Gasteiger partial charge in [-0.3, -0.25) is 9.59 Å². The molecule has 1 atom stereocenters. The van der Waals surface area contributed by atoms with E-state index in [1.54, 1.807) is 18.2 Å². The Kier molecular flexibility index (Phi) is 5.78. The molecular weight excluding hydrogens is 350 g/mol. The minimum absolute atomic E-state index is 0.0472. The summed E-state index contributed by atoms with van der Waals surface area (Å²) < 4.78 is 0. The Bertz CT molecular complexity index is 789. The molecule has 0 aliphatic carbocycles. The summed E-state index contributed by atoms with van der Waals surface area (Å²) in [7, 11) is 0. The van der Waals surface area contributed by atoms with Gasteiger partial charge < -0.3 is 16.0 Å². The maximum absolute atomic E-state index is 13.1. The Balaban J connectivity index is 1.87. The molecule has 2 aromatic carbocycles. The number of amides is 2. The van der Waals surface area contributed by atoms with Crippen LogP contribution in [0.25, 0.3) is 0 Å². The minimum Gasteiger partial charge on any atom is -0.370 e. The molecule has 5 nitrogen and oxygen atoms in total. The lowest BCUT2D eigenvalue weighted by Gasteiger charge is -2.31. The lowest BCUT2D eigenvalue weighted by atomic mass is 10.0. The van der Waals surface area contributed by atoms with Crippen LogP contribution >= 0.6 is 11.6 Å². The predicted octanol–water partition coefficient (Wildman–Crippen LogP) is 3.60. The van der Waals surface area contributed by atoms with Crippen LogP contribution in [-0.4, -0.2) is 29.8 Å². The number of hydrogen-bond donors (Lipinski definition) is 2. The van der Waals surface area contributed by atoms with Gasteiger partial charge in [0.15, 0.2) is 0 Å². The summed E-state index contributed by atoms with van der Waals surface area (Å²) in [6.45, 7) is 1.57. The molecule has 1 saturated heterocycles. The van der Waals surface area contributed by atoms with E-state index in [4.69, 9.17) is 17.3 Å². The van der Waals surface area contributed by atoms with Crippen molar-refractivity contribution in [2.24, 2.45) is 5.73 Å². The maximum Gasteiger partial charge on any atom is 0.250 e. The minimum atomic E-state index is -0.578. The van der Waals surface area contributed by atoms with Gasteiger partial charge in [-0.15, -0.1) is 0 Å². The second-order valence-electron chi connectivity index (χ2n) is 6.43. The van der Waals surface area contributed by atoms with Crippen molar-refractivity contribution in [3.8, 4) is 0 Å². The standard InChI is InChI=1S/C20H22ClN3O2/c21-17-13-15(9-10-16(17)19(22)25)23-18(14-7-3-1-4-8-14)20(26)24-11-5-2-6-12-24/h1,3-4,7-10,13,18,23H,2,5-6,11-12H2,(H2,22,25)/t18-/m0/s1. The number of halogens is 1. The maximum atomic E-state index is 13.1. The summed E-state index contributed by atoms with van der Waals surface area (Å²) in [5.74, 6) is -0.531. The molecule has 136 valence electrons. The zero-order valence-electron chi connectivity index (χ0n) is 14.5. The van der Waals surface area contributed by atoms with E-state index in [2.05, 4.69) is 5.32 Å². The van der Waals surface area contributed by atoms with Gasteiger partial charge in [-0.1, -0.05) is 41.9 Å². The second-order valence-corrected chi connectivity index (χ2v) is 6.84. The van der Waals surface area contributed by atoms with Crippen molar-refractivity contribution >= 4 is 29.1 Å². The predicted molar refractivity (Wildman–Crippen MR) is 103 cm³/mol. The van der Waals surface area contributed by atoms with E-state index >= 15 is 0 Å². The van der Waals surface area contributed by atoms with Crippen molar-refractivity contribution in [2.75, 3.05) is 18.4 Å². The molecule has 3 N–H and O–H groups in total. The largest absolute Gasteiger partial charge is 0.370 e. The van der Waals surface area contributed by atoms with Gasteiger partial charge in [0.25, 0.3) is 0 Å². The fourth-order valence-electron chi connectivity index (χ4n) is 3.20. The number of anilines is 1. The lowest BCUT2D eigenvalue weighted by molar-refractivity contribution is -0.133. The monoisotopic (exact) mass is 371 g/mol. The van der Waals surface area contributed by atoms with Gasteiger partial charge in [0.2, 0.25) is 11.8 Å². The van der Waals surface area contributed by atoms with Gasteiger partial charge >= 0.3 is 0 Å². The van der Waals surface area contributed by atoms with Crippen molar-refractivity contribution in [3.63, 3.8) is 0 Å². The third-order valence-corrected chi connectivity index (χ3v) is 4.91. The number of carbonyl (C=O) groups excluding carboxylic acids is 2. The smallest absolute Gasteiger partial charge is 0.250 e. The number of rotatable bonds is 5. The Morgan fingerprint density at radius 1 is 1.04 bits per heavy atom. The van der Waals surface area contributed by atoms with E-state index in [1.165, 1.54) is 0 Å². The van der Waals surface area contributed by atoms with Crippen molar-refractivity contribution in [3.05, 3.63) is 64.7 Å². The van der Waals surface area contributed by atoms with E-state index in [0.717, 1.165) is 37.9 Å². The van der Waals surface area contributed by atoms with Crippen LogP contribution in [0.1, 0.15) is 41.2 Å². The second kappa shape index (κ2) is 8.23. The quantitative estimate of drug-likeness (QED) is 0.843. The SMILES string of the molecule is NC(=O)c1ccc(N[C@H](C(=O)N2CCCCC2)c2ccccc2)cc1Cl. The van der Waals surface area contributed by atoms with Gasteiger partial charge in [-0.05, 0) is 43.0 Å². The van der Waals surface area contributed by atoms with Crippen LogP contribution < -0.4 is 11.1 Å².